The Morgan fingerprint density at radius 3 is 2.35 bits per heavy atom. The Balaban J connectivity index is 3.03. The molecule has 96 valence electrons. The van der Waals surface area contributed by atoms with E-state index in [4.69, 9.17) is 0 Å². The number of benzene rings is 1. The summed E-state index contributed by atoms with van der Waals surface area (Å²) >= 11 is 0. The van der Waals surface area contributed by atoms with Crippen LogP contribution in [0, 0.1) is 13.8 Å². The Morgan fingerprint density at radius 2 is 1.82 bits per heavy atom. The summed E-state index contributed by atoms with van der Waals surface area (Å²) in [6.45, 7) is 12.9. The zero-order valence-corrected chi connectivity index (χ0v) is 11.7. The number of aromatic hydroxyl groups is 1. The lowest BCUT2D eigenvalue weighted by Crippen LogP contribution is -2.28. The monoisotopic (exact) mass is 235 g/mol. The van der Waals surface area contributed by atoms with Gasteiger partial charge >= 0.3 is 0 Å². The normalized spacial score (nSPS) is 13.1. The van der Waals surface area contributed by atoms with E-state index in [1.54, 1.807) is 0 Å². The molecule has 17 heavy (non-hydrogen) atoms. The van der Waals surface area contributed by atoms with Gasteiger partial charge in [0, 0.05) is 6.04 Å². The van der Waals surface area contributed by atoms with Crippen LogP contribution >= 0.6 is 0 Å². The van der Waals surface area contributed by atoms with E-state index in [1.807, 2.05) is 13.0 Å². The third kappa shape index (κ3) is 3.01. The molecule has 1 atom stereocenters. The molecule has 0 aliphatic heterocycles. The lowest BCUT2D eigenvalue weighted by Gasteiger charge is -2.29. The zero-order chi connectivity index (χ0) is 13.0. The minimum Gasteiger partial charge on any atom is -0.508 e. The second-order valence-corrected chi connectivity index (χ2v) is 4.73. The molecule has 0 amide bonds. The van der Waals surface area contributed by atoms with Gasteiger partial charge in [-0.05, 0) is 63.0 Å². The first-order valence-corrected chi connectivity index (χ1v) is 6.56. The van der Waals surface area contributed by atoms with E-state index in [0.29, 0.717) is 11.8 Å². The van der Waals surface area contributed by atoms with Crippen molar-refractivity contribution in [3.05, 3.63) is 28.8 Å². The number of hydrogen-bond acceptors (Lipinski definition) is 2. The first-order valence-electron chi connectivity index (χ1n) is 6.56. The van der Waals surface area contributed by atoms with Crippen LogP contribution in [0.1, 0.15) is 49.9 Å². The molecule has 1 unspecified atom stereocenters. The molecule has 1 aromatic rings. The Morgan fingerprint density at radius 1 is 1.18 bits per heavy atom. The van der Waals surface area contributed by atoms with E-state index in [9.17, 15) is 5.11 Å². The number of nitrogens with zero attached hydrogens (tertiary/aromatic N) is 1. The van der Waals surface area contributed by atoms with Gasteiger partial charge in [0.1, 0.15) is 5.75 Å². The van der Waals surface area contributed by atoms with Crippen LogP contribution in [0.2, 0.25) is 0 Å². The van der Waals surface area contributed by atoms with Crippen molar-refractivity contribution in [2.24, 2.45) is 0 Å². The molecule has 1 rings (SSSR count). The molecule has 2 heteroatoms. The molecule has 1 N–H and O–H groups in total. The van der Waals surface area contributed by atoms with Crippen LogP contribution in [0.15, 0.2) is 12.1 Å². The van der Waals surface area contributed by atoms with E-state index < -0.39 is 0 Å². The van der Waals surface area contributed by atoms with Crippen molar-refractivity contribution in [3.8, 4) is 5.75 Å². The molecule has 0 aliphatic carbocycles. The van der Waals surface area contributed by atoms with Crippen molar-refractivity contribution in [1.82, 2.24) is 4.90 Å². The van der Waals surface area contributed by atoms with Crippen LogP contribution < -0.4 is 0 Å². The number of phenolic OH excluding ortho intramolecular Hbond substituents is 1. The quantitative estimate of drug-likeness (QED) is 0.839. The summed E-state index contributed by atoms with van der Waals surface area (Å²) in [7, 11) is 0. The second-order valence-electron chi connectivity index (χ2n) is 4.73. The van der Waals surface area contributed by atoms with E-state index in [0.717, 1.165) is 18.7 Å². The van der Waals surface area contributed by atoms with Crippen molar-refractivity contribution in [2.45, 2.75) is 47.1 Å². The fourth-order valence-electron chi connectivity index (χ4n) is 2.39. The molecule has 0 radical (unpaired) electrons. The van der Waals surface area contributed by atoms with Crippen molar-refractivity contribution >= 4 is 0 Å². The Kier molecular flexibility index (Phi) is 5.01. The predicted molar refractivity (Wildman–Crippen MR) is 73.5 cm³/mol. The third-order valence-electron chi connectivity index (χ3n) is 3.72. The Hall–Kier alpha value is -1.02. The van der Waals surface area contributed by atoms with Crippen LogP contribution in [-0.4, -0.2) is 23.1 Å². The van der Waals surface area contributed by atoms with Gasteiger partial charge in [-0.15, -0.1) is 0 Å². The average Bonchev–Trinajstić information content (AvgIpc) is 2.32. The largest absolute Gasteiger partial charge is 0.508 e. The summed E-state index contributed by atoms with van der Waals surface area (Å²) in [5, 5.41) is 9.69. The van der Waals surface area contributed by atoms with Gasteiger partial charge in [-0.25, -0.2) is 0 Å². The maximum absolute atomic E-state index is 9.69. The number of rotatable bonds is 5. The highest BCUT2D eigenvalue weighted by atomic mass is 16.3. The van der Waals surface area contributed by atoms with Crippen LogP contribution in [0.5, 0.6) is 5.75 Å². The molecule has 0 spiro atoms. The summed E-state index contributed by atoms with van der Waals surface area (Å²) in [6, 6.07) is 4.29. The highest BCUT2D eigenvalue weighted by Gasteiger charge is 2.16. The Labute approximate surface area is 105 Å². The minimum atomic E-state index is 0.400. The van der Waals surface area contributed by atoms with Crippen LogP contribution in [0.3, 0.4) is 0 Å². The van der Waals surface area contributed by atoms with Crippen LogP contribution in [0.25, 0.3) is 0 Å². The molecule has 1 aromatic carbocycles. The second kappa shape index (κ2) is 6.06. The van der Waals surface area contributed by atoms with Crippen LogP contribution in [-0.2, 0) is 0 Å². The number of phenols is 1. The van der Waals surface area contributed by atoms with Gasteiger partial charge in [0.15, 0.2) is 0 Å². The van der Waals surface area contributed by atoms with Gasteiger partial charge in [0.2, 0.25) is 0 Å². The van der Waals surface area contributed by atoms with Gasteiger partial charge < -0.3 is 5.11 Å². The Bertz CT molecular complexity index is 373. The standard InChI is InChI=1S/C15H25NO/c1-6-10-16(7-2)13(5)14-8-9-15(17)12(4)11(14)3/h8-9,13,17H,6-7,10H2,1-5H3. The van der Waals surface area contributed by atoms with Crippen molar-refractivity contribution in [3.63, 3.8) is 0 Å². The predicted octanol–water partition coefficient (Wildman–Crippen LogP) is 3.80. The van der Waals surface area contributed by atoms with Gasteiger partial charge in [-0.3, -0.25) is 4.90 Å². The minimum absolute atomic E-state index is 0.400. The summed E-state index contributed by atoms with van der Waals surface area (Å²) < 4.78 is 0. The molecule has 0 fully saturated rings. The van der Waals surface area contributed by atoms with Crippen LogP contribution in [0.4, 0.5) is 0 Å². The first kappa shape index (κ1) is 14.0. The average molecular weight is 235 g/mol. The summed E-state index contributed by atoms with van der Waals surface area (Å²) in [5.74, 6) is 0.400. The molecule has 2 nitrogen and oxygen atoms in total. The van der Waals surface area contributed by atoms with E-state index >= 15 is 0 Å². The molecular formula is C15H25NO. The molecule has 0 aromatic heterocycles. The van der Waals surface area contributed by atoms with Crippen molar-refractivity contribution in [2.75, 3.05) is 13.1 Å². The topological polar surface area (TPSA) is 23.5 Å². The molecular weight excluding hydrogens is 210 g/mol. The van der Waals surface area contributed by atoms with E-state index in [2.05, 4.69) is 38.7 Å². The molecule has 0 saturated heterocycles. The van der Waals surface area contributed by atoms with Gasteiger partial charge in [0.25, 0.3) is 0 Å². The van der Waals surface area contributed by atoms with Gasteiger partial charge in [-0.2, -0.15) is 0 Å². The first-order chi connectivity index (χ1) is 8.02. The lowest BCUT2D eigenvalue weighted by atomic mass is 9.96. The number of hydrogen-bond donors (Lipinski definition) is 1. The van der Waals surface area contributed by atoms with E-state index in [1.165, 1.54) is 17.5 Å². The molecule has 0 aliphatic rings. The van der Waals surface area contributed by atoms with Gasteiger partial charge in [-0.1, -0.05) is 19.9 Å². The molecule has 0 heterocycles. The van der Waals surface area contributed by atoms with E-state index in [-0.39, 0.29) is 0 Å². The zero-order valence-electron chi connectivity index (χ0n) is 11.7. The van der Waals surface area contributed by atoms with Crippen molar-refractivity contribution in [1.29, 1.82) is 0 Å². The summed E-state index contributed by atoms with van der Waals surface area (Å²) in [6.07, 6.45) is 1.17. The fraction of sp³-hybridized carbons (Fsp3) is 0.600. The highest BCUT2D eigenvalue weighted by Crippen LogP contribution is 2.29. The fourth-order valence-corrected chi connectivity index (χ4v) is 2.39. The summed E-state index contributed by atoms with van der Waals surface area (Å²) in [5.41, 5.74) is 3.55. The SMILES string of the molecule is CCCN(CC)C(C)c1ccc(O)c(C)c1C. The van der Waals surface area contributed by atoms with Gasteiger partial charge in [0.05, 0.1) is 0 Å². The molecule has 0 saturated carbocycles. The maximum atomic E-state index is 9.69. The maximum Gasteiger partial charge on any atom is 0.118 e. The molecule has 0 bridgehead atoms. The third-order valence-corrected chi connectivity index (χ3v) is 3.72. The summed E-state index contributed by atoms with van der Waals surface area (Å²) in [4.78, 5) is 2.47. The smallest absolute Gasteiger partial charge is 0.118 e. The lowest BCUT2D eigenvalue weighted by molar-refractivity contribution is 0.221. The highest BCUT2D eigenvalue weighted by molar-refractivity contribution is 5.43. The van der Waals surface area contributed by atoms with Crippen molar-refractivity contribution < 1.29 is 5.11 Å².